The second-order valence-corrected chi connectivity index (χ2v) is 4.98. The van der Waals surface area contributed by atoms with Crippen molar-refractivity contribution >= 4 is 11.3 Å². The van der Waals surface area contributed by atoms with Gasteiger partial charge in [0.2, 0.25) is 5.13 Å². The van der Waals surface area contributed by atoms with Crippen molar-refractivity contribution in [1.82, 2.24) is 20.0 Å². The van der Waals surface area contributed by atoms with Gasteiger partial charge in [-0.2, -0.15) is 9.94 Å². The van der Waals surface area contributed by atoms with E-state index in [1.807, 2.05) is 42.6 Å². The van der Waals surface area contributed by atoms with E-state index in [9.17, 15) is 0 Å². The molecule has 2 aromatic heterocycles. The van der Waals surface area contributed by atoms with Crippen molar-refractivity contribution in [2.45, 2.75) is 13.3 Å². The molecule has 0 radical (unpaired) electrons. The fourth-order valence-corrected chi connectivity index (χ4v) is 2.77. The Bertz CT molecular complexity index is 766. The van der Waals surface area contributed by atoms with Gasteiger partial charge in [0.05, 0.1) is 11.4 Å². The molecule has 5 nitrogen and oxygen atoms in total. The van der Waals surface area contributed by atoms with E-state index < -0.39 is 0 Å². The molecule has 0 fully saturated rings. The minimum absolute atomic E-state index is 0.365. The topological polar surface area (TPSA) is 67.4 Å². The largest absolute Gasteiger partial charge is 0.218 e. The van der Waals surface area contributed by atoms with Crippen LogP contribution in [0.4, 0.5) is 0 Å². The van der Waals surface area contributed by atoms with E-state index in [-0.39, 0.29) is 0 Å². The highest BCUT2D eigenvalue weighted by Crippen LogP contribution is 2.24. The van der Waals surface area contributed by atoms with Crippen LogP contribution in [0.5, 0.6) is 0 Å². The molecule has 0 saturated carbocycles. The third-order valence-electron chi connectivity index (χ3n) is 2.95. The number of nitrogens with zero attached hydrogens (tertiary/aromatic N) is 5. The Morgan fingerprint density at radius 3 is 2.80 bits per heavy atom. The molecule has 1 aromatic carbocycles. The molecule has 98 valence electrons. The summed E-state index contributed by atoms with van der Waals surface area (Å²) in [6, 6.07) is 12.0. The summed E-state index contributed by atoms with van der Waals surface area (Å²) in [5, 5.41) is 19.6. The van der Waals surface area contributed by atoms with Gasteiger partial charge >= 0.3 is 0 Å². The van der Waals surface area contributed by atoms with Crippen LogP contribution in [0.2, 0.25) is 0 Å². The van der Waals surface area contributed by atoms with Crippen molar-refractivity contribution in [3.63, 3.8) is 0 Å². The maximum Gasteiger partial charge on any atom is 0.212 e. The Balaban J connectivity index is 2.03. The summed E-state index contributed by atoms with van der Waals surface area (Å²) in [5.41, 5.74) is 3.13. The minimum Gasteiger partial charge on any atom is -0.218 e. The second kappa shape index (κ2) is 5.23. The lowest BCUT2D eigenvalue weighted by Gasteiger charge is -1.99. The van der Waals surface area contributed by atoms with Crippen LogP contribution in [-0.4, -0.2) is 20.0 Å². The molecule has 0 amide bonds. The Labute approximate surface area is 120 Å². The zero-order valence-electron chi connectivity index (χ0n) is 10.8. The van der Waals surface area contributed by atoms with E-state index >= 15 is 0 Å². The van der Waals surface area contributed by atoms with Crippen molar-refractivity contribution in [1.29, 1.82) is 5.26 Å². The van der Waals surface area contributed by atoms with Crippen LogP contribution in [-0.2, 0) is 6.42 Å². The van der Waals surface area contributed by atoms with Crippen LogP contribution >= 0.6 is 11.3 Å². The molecule has 2 heterocycles. The third-order valence-corrected chi connectivity index (χ3v) is 3.76. The zero-order chi connectivity index (χ0) is 13.9. The van der Waals surface area contributed by atoms with Crippen LogP contribution in [0.1, 0.15) is 18.3 Å². The van der Waals surface area contributed by atoms with Gasteiger partial charge in [0.25, 0.3) is 0 Å². The van der Waals surface area contributed by atoms with Crippen LogP contribution in [0.25, 0.3) is 16.4 Å². The molecule has 0 spiro atoms. The predicted molar refractivity (Wildman–Crippen MR) is 76.6 cm³/mol. The van der Waals surface area contributed by atoms with Crippen LogP contribution in [0, 0.1) is 11.3 Å². The van der Waals surface area contributed by atoms with E-state index in [0.29, 0.717) is 12.1 Å². The normalized spacial score (nSPS) is 10.4. The summed E-state index contributed by atoms with van der Waals surface area (Å²) < 4.78 is 1.65. The average molecular weight is 281 g/mol. The summed E-state index contributed by atoms with van der Waals surface area (Å²) in [6.07, 6.45) is 0.691. The zero-order valence-corrected chi connectivity index (χ0v) is 11.6. The highest BCUT2D eigenvalue weighted by Gasteiger charge is 2.15. The van der Waals surface area contributed by atoms with Crippen molar-refractivity contribution in [2.24, 2.45) is 0 Å². The summed E-state index contributed by atoms with van der Waals surface area (Å²) in [6.45, 7) is 1.97. The van der Waals surface area contributed by atoms with Crippen molar-refractivity contribution in [3.05, 3.63) is 47.1 Å². The van der Waals surface area contributed by atoms with Gasteiger partial charge in [-0.25, -0.2) is 4.98 Å². The molecule has 0 atom stereocenters. The molecule has 6 heteroatoms. The first-order valence-electron chi connectivity index (χ1n) is 6.19. The van der Waals surface area contributed by atoms with Gasteiger partial charge in [-0.05, 0) is 6.42 Å². The molecule has 0 aliphatic heterocycles. The standard InChI is InChI=1S/C14H11N5S/c1-2-13-11(8-15)17-18-19(13)14-16-12(9-20-14)10-6-4-3-5-7-10/h3-7,9H,2H2,1H3. The number of benzene rings is 1. The van der Waals surface area contributed by atoms with Gasteiger partial charge in [-0.15, -0.1) is 16.4 Å². The first-order valence-corrected chi connectivity index (χ1v) is 7.07. The fraction of sp³-hybridized carbons (Fsp3) is 0.143. The smallest absolute Gasteiger partial charge is 0.212 e. The first-order chi connectivity index (χ1) is 9.83. The molecular weight excluding hydrogens is 270 g/mol. The highest BCUT2D eigenvalue weighted by atomic mass is 32.1. The highest BCUT2D eigenvalue weighted by molar-refractivity contribution is 7.12. The fourth-order valence-electron chi connectivity index (χ4n) is 1.96. The van der Waals surface area contributed by atoms with E-state index in [1.165, 1.54) is 11.3 Å². The molecule has 0 bridgehead atoms. The average Bonchev–Trinajstić information content (AvgIpc) is 3.14. The molecule has 0 aliphatic carbocycles. The number of rotatable bonds is 3. The molecule has 0 saturated heterocycles. The number of nitriles is 1. The molecular formula is C14H11N5S. The SMILES string of the molecule is CCc1c(C#N)nnn1-c1nc(-c2ccccc2)cs1. The number of hydrogen-bond donors (Lipinski definition) is 0. The molecule has 0 N–H and O–H groups in total. The van der Waals surface area contributed by atoms with Gasteiger partial charge in [-0.3, -0.25) is 0 Å². The van der Waals surface area contributed by atoms with E-state index in [2.05, 4.69) is 21.4 Å². The Morgan fingerprint density at radius 1 is 1.30 bits per heavy atom. The second-order valence-electron chi connectivity index (χ2n) is 4.14. The van der Waals surface area contributed by atoms with Gasteiger partial charge in [-0.1, -0.05) is 42.5 Å². The quantitative estimate of drug-likeness (QED) is 0.740. The number of thiazole rings is 1. The minimum atomic E-state index is 0.365. The van der Waals surface area contributed by atoms with Gasteiger partial charge in [0, 0.05) is 10.9 Å². The van der Waals surface area contributed by atoms with Crippen molar-refractivity contribution in [3.8, 4) is 22.5 Å². The summed E-state index contributed by atoms with van der Waals surface area (Å²) in [7, 11) is 0. The molecule has 20 heavy (non-hydrogen) atoms. The van der Waals surface area contributed by atoms with E-state index in [0.717, 1.165) is 22.1 Å². The number of hydrogen-bond acceptors (Lipinski definition) is 5. The lowest BCUT2D eigenvalue weighted by molar-refractivity contribution is 0.762. The Kier molecular flexibility index (Phi) is 3.27. The maximum atomic E-state index is 9.01. The Hall–Kier alpha value is -2.52. The van der Waals surface area contributed by atoms with Crippen molar-refractivity contribution in [2.75, 3.05) is 0 Å². The van der Waals surface area contributed by atoms with E-state index in [4.69, 9.17) is 5.26 Å². The Morgan fingerprint density at radius 2 is 2.10 bits per heavy atom. The van der Waals surface area contributed by atoms with Gasteiger partial charge in [0.15, 0.2) is 5.69 Å². The van der Waals surface area contributed by atoms with E-state index in [1.54, 1.807) is 4.68 Å². The maximum absolute atomic E-state index is 9.01. The van der Waals surface area contributed by atoms with Gasteiger partial charge in [0.1, 0.15) is 6.07 Å². The van der Waals surface area contributed by atoms with Crippen LogP contribution in [0.3, 0.4) is 0 Å². The lowest BCUT2D eigenvalue weighted by atomic mass is 10.2. The molecule has 0 unspecified atom stereocenters. The molecule has 0 aliphatic rings. The molecule has 3 rings (SSSR count). The third kappa shape index (κ3) is 2.08. The summed E-state index contributed by atoms with van der Waals surface area (Å²) >= 11 is 1.49. The number of aromatic nitrogens is 4. The lowest BCUT2D eigenvalue weighted by Crippen LogP contribution is -2.01. The van der Waals surface area contributed by atoms with Crippen LogP contribution < -0.4 is 0 Å². The summed E-state index contributed by atoms with van der Waals surface area (Å²) in [4.78, 5) is 4.58. The van der Waals surface area contributed by atoms with Crippen LogP contribution in [0.15, 0.2) is 35.7 Å². The molecule has 3 aromatic rings. The summed E-state index contributed by atoms with van der Waals surface area (Å²) in [5.74, 6) is 0. The van der Waals surface area contributed by atoms with Crippen molar-refractivity contribution < 1.29 is 0 Å². The van der Waals surface area contributed by atoms with Gasteiger partial charge < -0.3 is 0 Å². The predicted octanol–water partition coefficient (Wildman–Crippen LogP) is 2.82. The monoisotopic (exact) mass is 281 g/mol. The first kappa shape index (κ1) is 12.5.